The summed E-state index contributed by atoms with van der Waals surface area (Å²) in [6.45, 7) is 7.78. The fourth-order valence-corrected chi connectivity index (χ4v) is 3.60. The second-order valence-corrected chi connectivity index (χ2v) is 9.35. The lowest BCUT2D eigenvalue weighted by atomic mass is 10.2. The Morgan fingerprint density at radius 2 is 0.725 bits per heavy atom. The zero-order chi connectivity index (χ0) is 29.8. The highest BCUT2D eigenvalue weighted by Gasteiger charge is 2.15. The fourth-order valence-electron chi connectivity index (χ4n) is 3.60. The first-order chi connectivity index (χ1) is 19.4. The molecule has 15 heteroatoms. The van der Waals surface area contributed by atoms with E-state index in [2.05, 4.69) is 52.4 Å². The van der Waals surface area contributed by atoms with Crippen molar-refractivity contribution in [3.05, 3.63) is 0 Å². The normalized spacial score (nSPS) is 11.1. The number of amides is 4. The standard InChI is InChI=1S/C25H55N11O4/c1-27-8-11-30-22(37)4-16-35(17-5-23(38)31-12-9-28-2)20-21-36(18-6-24(39)32-13-10-29-3)19-7-25(40)33-14-15-34-26/h27-29,34H,4-21,26H2,1-3H3,(H,30,37)(H,31,38)(H,32,39)(H,33,40). The van der Waals surface area contributed by atoms with Gasteiger partial charge in [-0.2, -0.15) is 0 Å². The molecule has 4 amide bonds. The summed E-state index contributed by atoms with van der Waals surface area (Å²) in [6, 6.07) is 0. The number of nitrogens with zero attached hydrogens (tertiary/aromatic N) is 2. The number of likely N-dealkylation sites (N-methyl/N-ethyl adjacent to an activating group) is 3. The van der Waals surface area contributed by atoms with Crippen LogP contribution in [0.2, 0.25) is 0 Å². The highest BCUT2D eigenvalue weighted by atomic mass is 16.2. The molecule has 40 heavy (non-hydrogen) atoms. The summed E-state index contributed by atoms with van der Waals surface area (Å²) in [4.78, 5) is 53.2. The van der Waals surface area contributed by atoms with Crippen molar-refractivity contribution in [2.75, 3.05) is 113 Å². The molecule has 0 atom stereocenters. The van der Waals surface area contributed by atoms with Crippen LogP contribution in [0.3, 0.4) is 0 Å². The maximum absolute atomic E-state index is 12.3. The monoisotopic (exact) mass is 573 g/mol. The fraction of sp³-hybridized carbons (Fsp3) is 0.840. The van der Waals surface area contributed by atoms with Crippen molar-refractivity contribution in [2.45, 2.75) is 25.7 Å². The highest BCUT2D eigenvalue weighted by molar-refractivity contribution is 5.77. The molecule has 0 aliphatic rings. The van der Waals surface area contributed by atoms with Crippen LogP contribution in [0.5, 0.6) is 0 Å². The molecule has 15 nitrogen and oxygen atoms in total. The van der Waals surface area contributed by atoms with E-state index in [1.54, 1.807) is 0 Å². The number of hydrogen-bond acceptors (Lipinski definition) is 11. The van der Waals surface area contributed by atoms with E-state index in [0.717, 1.165) is 0 Å². The number of carbonyl (C=O) groups excluding carboxylic acids is 4. The van der Waals surface area contributed by atoms with Gasteiger partial charge in [0.05, 0.1) is 0 Å². The van der Waals surface area contributed by atoms with Crippen molar-refractivity contribution < 1.29 is 19.2 Å². The van der Waals surface area contributed by atoms with Crippen molar-refractivity contribution in [3.8, 4) is 0 Å². The smallest absolute Gasteiger partial charge is 0.221 e. The Morgan fingerprint density at radius 1 is 0.450 bits per heavy atom. The number of rotatable bonds is 27. The van der Waals surface area contributed by atoms with Crippen LogP contribution in [0.25, 0.3) is 0 Å². The summed E-state index contributed by atoms with van der Waals surface area (Å²) < 4.78 is 0. The molecule has 0 aromatic rings. The third-order valence-electron chi connectivity index (χ3n) is 6.04. The van der Waals surface area contributed by atoms with E-state index in [1.807, 2.05) is 21.1 Å². The third kappa shape index (κ3) is 23.5. The van der Waals surface area contributed by atoms with Crippen LogP contribution < -0.4 is 48.5 Å². The molecular formula is C25H55N11O4. The van der Waals surface area contributed by atoms with Gasteiger partial charge in [-0.05, 0) is 21.1 Å². The van der Waals surface area contributed by atoms with Crippen molar-refractivity contribution >= 4 is 23.6 Å². The zero-order valence-corrected chi connectivity index (χ0v) is 24.8. The van der Waals surface area contributed by atoms with Crippen molar-refractivity contribution in [1.82, 2.24) is 52.4 Å². The Balaban J connectivity index is 5.07. The van der Waals surface area contributed by atoms with Gasteiger partial charge >= 0.3 is 0 Å². The maximum Gasteiger partial charge on any atom is 0.221 e. The van der Waals surface area contributed by atoms with Gasteiger partial charge in [0.2, 0.25) is 23.6 Å². The lowest BCUT2D eigenvalue weighted by molar-refractivity contribution is -0.123. The molecule has 0 aliphatic carbocycles. The van der Waals surface area contributed by atoms with Crippen LogP contribution in [-0.2, 0) is 19.2 Å². The summed E-state index contributed by atoms with van der Waals surface area (Å²) in [6.07, 6.45) is 1.23. The molecular weight excluding hydrogens is 518 g/mol. The predicted octanol–water partition coefficient (Wildman–Crippen LogP) is -4.26. The molecule has 0 radical (unpaired) electrons. The Labute approximate surface area is 239 Å². The van der Waals surface area contributed by atoms with Gasteiger partial charge in [-0.25, -0.2) is 0 Å². The Bertz CT molecular complexity index is 577. The molecule has 0 unspecified atom stereocenters. The minimum Gasteiger partial charge on any atom is -0.355 e. The number of carbonyl (C=O) groups is 4. The van der Waals surface area contributed by atoms with Crippen LogP contribution in [-0.4, -0.2) is 146 Å². The van der Waals surface area contributed by atoms with Gasteiger partial charge in [0, 0.05) is 117 Å². The average Bonchev–Trinajstić information content (AvgIpc) is 2.94. The zero-order valence-electron chi connectivity index (χ0n) is 24.8. The van der Waals surface area contributed by atoms with Gasteiger partial charge in [-0.15, -0.1) is 0 Å². The summed E-state index contributed by atoms with van der Waals surface area (Å²) in [7, 11) is 5.48. The van der Waals surface area contributed by atoms with Gasteiger partial charge in [-0.3, -0.25) is 30.4 Å². The quantitative estimate of drug-likeness (QED) is 0.0262. The molecule has 0 bridgehead atoms. The third-order valence-corrected chi connectivity index (χ3v) is 6.04. The van der Waals surface area contributed by atoms with E-state index in [-0.39, 0.29) is 30.0 Å². The van der Waals surface area contributed by atoms with E-state index in [1.165, 1.54) is 0 Å². The molecule has 0 saturated heterocycles. The van der Waals surface area contributed by atoms with E-state index >= 15 is 0 Å². The van der Waals surface area contributed by atoms with E-state index in [4.69, 9.17) is 5.84 Å². The molecule has 234 valence electrons. The van der Waals surface area contributed by atoms with Gasteiger partial charge in [-0.1, -0.05) is 0 Å². The van der Waals surface area contributed by atoms with Crippen LogP contribution in [0, 0.1) is 0 Å². The number of hydrazine groups is 1. The van der Waals surface area contributed by atoms with Crippen molar-refractivity contribution in [1.29, 1.82) is 0 Å². The Kier molecular flexibility index (Phi) is 25.2. The van der Waals surface area contributed by atoms with Crippen LogP contribution in [0.15, 0.2) is 0 Å². The second-order valence-electron chi connectivity index (χ2n) is 9.35. The number of nitrogens with one attached hydrogen (secondary N) is 8. The number of nitrogens with two attached hydrogens (primary N) is 1. The van der Waals surface area contributed by atoms with Crippen LogP contribution in [0.1, 0.15) is 25.7 Å². The molecule has 0 aromatic carbocycles. The van der Waals surface area contributed by atoms with E-state index in [9.17, 15) is 19.2 Å². The molecule has 0 aliphatic heterocycles. The molecule has 0 spiro atoms. The predicted molar refractivity (Wildman–Crippen MR) is 157 cm³/mol. The largest absolute Gasteiger partial charge is 0.355 e. The number of hydrogen-bond donors (Lipinski definition) is 9. The summed E-state index contributed by atoms with van der Waals surface area (Å²) in [5.74, 6) is 5.02. The first-order valence-corrected chi connectivity index (χ1v) is 14.2. The first-order valence-electron chi connectivity index (χ1n) is 14.2. The van der Waals surface area contributed by atoms with Crippen LogP contribution >= 0.6 is 0 Å². The minimum atomic E-state index is -0.0907. The lowest BCUT2D eigenvalue weighted by Crippen LogP contribution is -2.42. The molecule has 0 heterocycles. The van der Waals surface area contributed by atoms with Gasteiger partial charge < -0.3 is 47.0 Å². The SMILES string of the molecule is CNCCNC(=O)CCN(CCC(=O)NCCNC)CCN(CCC(=O)NCCNC)CCC(=O)NCCNN. The topological polar surface area (TPSA) is 197 Å². The summed E-state index contributed by atoms with van der Waals surface area (Å²) in [5, 5.41) is 20.4. The van der Waals surface area contributed by atoms with Crippen molar-refractivity contribution in [3.63, 3.8) is 0 Å². The maximum atomic E-state index is 12.3. The van der Waals surface area contributed by atoms with Crippen LogP contribution in [0.4, 0.5) is 0 Å². The van der Waals surface area contributed by atoms with Gasteiger partial charge in [0.15, 0.2) is 0 Å². The molecule has 0 fully saturated rings. The Morgan fingerprint density at radius 3 is 0.975 bits per heavy atom. The van der Waals surface area contributed by atoms with E-state index < -0.39 is 0 Å². The molecule has 0 aromatic heterocycles. The lowest BCUT2D eigenvalue weighted by Gasteiger charge is -2.27. The molecule has 10 N–H and O–H groups in total. The van der Waals surface area contributed by atoms with Crippen molar-refractivity contribution in [2.24, 2.45) is 5.84 Å². The van der Waals surface area contributed by atoms with Gasteiger partial charge in [0.25, 0.3) is 0 Å². The Hall–Kier alpha value is -2.40. The van der Waals surface area contributed by atoms with E-state index in [0.29, 0.717) is 111 Å². The molecule has 0 rings (SSSR count). The highest BCUT2D eigenvalue weighted by Crippen LogP contribution is 2.01. The average molecular weight is 574 g/mol. The first kappa shape index (κ1) is 37.6. The summed E-state index contributed by atoms with van der Waals surface area (Å²) >= 11 is 0. The van der Waals surface area contributed by atoms with Gasteiger partial charge in [0.1, 0.15) is 0 Å². The summed E-state index contributed by atoms with van der Waals surface area (Å²) in [5.41, 5.74) is 2.50. The minimum absolute atomic E-state index is 0.0440. The second kappa shape index (κ2) is 26.8. The molecule has 0 saturated carbocycles.